The zero-order valence-electron chi connectivity index (χ0n) is 16.1. The van der Waals surface area contributed by atoms with Crippen LogP contribution in [0.4, 0.5) is 0 Å². The number of Topliss-reactive ketones (excluding diaryl/α,β-unsaturated/α-hetero) is 1. The fourth-order valence-corrected chi connectivity index (χ4v) is 5.37. The van der Waals surface area contributed by atoms with Gasteiger partial charge in [0, 0.05) is 0 Å². The minimum Gasteiger partial charge on any atom is -0.511 e. The van der Waals surface area contributed by atoms with Crippen LogP contribution in [0.25, 0.3) is 5.57 Å². The lowest BCUT2D eigenvalue weighted by atomic mass is 9.73. The number of fused-ring (bicyclic) bond motifs is 5. The Bertz CT molecular complexity index is 809. The second kappa shape index (κ2) is 6.09. The largest absolute Gasteiger partial charge is 0.511 e. The van der Waals surface area contributed by atoms with Crippen molar-refractivity contribution in [2.45, 2.75) is 65.1 Å². The zero-order valence-corrected chi connectivity index (χ0v) is 16.1. The van der Waals surface area contributed by atoms with Gasteiger partial charge in [-0.3, -0.25) is 4.79 Å². The van der Waals surface area contributed by atoms with Crippen molar-refractivity contribution in [3.8, 4) is 0 Å². The van der Waals surface area contributed by atoms with Gasteiger partial charge >= 0.3 is 0 Å². The number of carbonyl (C=O) groups excluding carboxylic acids is 1. The van der Waals surface area contributed by atoms with Gasteiger partial charge in [0.1, 0.15) is 5.76 Å². The first-order valence-corrected chi connectivity index (χ1v) is 9.82. The third kappa shape index (κ3) is 2.33. The number of ketones is 1. The van der Waals surface area contributed by atoms with E-state index in [1.807, 2.05) is 13.8 Å². The molecule has 2 aliphatic heterocycles. The molecule has 0 saturated carbocycles. The van der Waals surface area contributed by atoms with Crippen molar-refractivity contribution < 1.29 is 14.6 Å². The maximum absolute atomic E-state index is 13.5. The van der Waals surface area contributed by atoms with Crippen LogP contribution in [0.3, 0.4) is 0 Å². The molecular formula is C23H28O3. The van der Waals surface area contributed by atoms with Crippen LogP contribution in [0.5, 0.6) is 0 Å². The summed E-state index contributed by atoms with van der Waals surface area (Å²) in [6.07, 6.45) is 8.15. The first-order valence-electron chi connectivity index (χ1n) is 9.82. The van der Waals surface area contributed by atoms with Crippen molar-refractivity contribution in [1.82, 2.24) is 0 Å². The number of hydrogen-bond donors (Lipinski definition) is 1. The van der Waals surface area contributed by atoms with E-state index in [4.69, 9.17) is 4.74 Å². The van der Waals surface area contributed by atoms with Gasteiger partial charge in [0.2, 0.25) is 0 Å². The Morgan fingerprint density at radius 2 is 1.85 bits per heavy atom. The quantitative estimate of drug-likeness (QED) is 0.600. The summed E-state index contributed by atoms with van der Waals surface area (Å²) >= 11 is 0. The van der Waals surface area contributed by atoms with E-state index in [1.54, 1.807) is 0 Å². The number of carbonyl (C=O) groups is 1. The summed E-state index contributed by atoms with van der Waals surface area (Å²) in [6.45, 7) is 8.29. The van der Waals surface area contributed by atoms with Crippen LogP contribution in [0.1, 0.15) is 54.9 Å². The number of rotatable bonds is 5. The van der Waals surface area contributed by atoms with Crippen molar-refractivity contribution in [3.63, 3.8) is 0 Å². The Morgan fingerprint density at radius 3 is 2.50 bits per heavy atom. The van der Waals surface area contributed by atoms with Crippen LogP contribution in [0.15, 0.2) is 30.0 Å². The normalized spacial score (nSPS) is 32.0. The SMILES string of the molecule is CCCCC[C@]12C=C[C@H](O1)[C@@H]1C(O)=C(c3c(C)cc(C)cc3C)C(=O)[C@@H]12. The Balaban J connectivity index is 1.75. The van der Waals surface area contributed by atoms with Gasteiger partial charge in [-0.25, -0.2) is 0 Å². The molecule has 1 N–H and O–H groups in total. The highest BCUT2D eigenvalue weighted by atomic mass is 16.5. The number of aliphatic hydroxyl groups is 1. The number of ether oxygens (including phenoxy) is 1. The molecule has 2 bridgehead atoms. The molecule has 1 aliphatic carbocycles. The predicted molar refractivity (Wildman–Crippen MR) is 103 cm³/mol. The van der Waals surface area contributed by atoms with E-state index in [0.717, 1.165) is 42.4 Å². The fourth-order valence-electron chi connectivity index (χ4n) is 5.37. The van der Waals surface area contributed by atoms with Gasteiger partial charge in [-0.1, -0.05) is 56.0 Å². The first-order chi connectivity index (χ1) is 12.4. The van der Waals surface area contributed by atoms with Crippen LogP contribution in [0.2, 0.25) is 0 Å². The number of aryl methyl sites for hydroxylation is 3. The molecular weight excluding hydrogens is 324 g/mol. The van der Waals surface area contributed by atoms with E-state index in [1.165, 1.54) is 5.56 Å². The topological polar surface area (TPSA) is 46.5 Å². The van der Waals surface area contributed by atoms with Crippen LogP contribution in [-0.4, -0.2) is 22.6 Å². The van der Waals surface area contributed by atoms with E-state index < -0.39 is 5.60 Å². The highest BCUT2D eigenvalue weighted by molar-refractivity contribution is 6.26. The number of benzene rings is 1. The van der Waals surface area contributed by atoms with E-state index in [-0.39, 0.29) is 29.5 Å². The number of unbranched alkanes of at least 4 members (excludes halogenated alkanes) is 2. The van der Waals surface area contributed by atoms with Crippen molar-refractivity contribution in [2.75, 3.05) is 0 Å². The molecule has 0 aromatic heterocycles. The molecule has 3 heteroatoms. The summed E-state index contributed by atoms with van der Waals surface area (Å²) in [7, 11) is 0. The maximum atomic E-state index is 13.5. The van der Waals surface area contributed by atoms with Gasteiger partial charge in [-0.2, -0.15) is 0 Å². The molecule has 4 atom stereocenters. The monoisotopic (exact) mass is 352 g/mol. The molecule has 3 aliphatic rings. The van der Waals surface area contributed by atoms with Crippen molar-refractivity contribution in [1.29, 1.82) is 0 Å². The van der Waals surface area contributed by atoms with Gasteiger partial charge < -0.3 is 9.84 Å². The predicted octanol–water partition coefficient (Wildman–Crippen LogP) is 4.98. The van der Waals surface area contributed by atoms with Crippen LogP contribution in [-0.2, 0) is 9.53 Å². The van der Waals surface area contributed by atoms with Crippen molar-refractivity contribution in [2.24, 2.45) is 11.8 Å². The average Bonchev–Trinajstić information content (AvgIpc) is 3.20. The maximum Gasteiger partial charge on any atom is 0.174 e. The molecule has 26 heavy (non-hydrogen) atoms. The number of allylic oxidation sites excluding steroid dienone is 1. The van der Waals surface area contributed by atoms with Crippen LogP contribution in [0, 0.1) is 32.6 Å². The minimum absolute atomic E-state index is 0.0610. The third-order valence-corrected chi connectivity index (χ3v) is 6.36. The summed E-state index contributed by atoms with van der Waals surface area (Å²) in [6, 6.07) is 4.18. The average molecular weight is 352 g/mol. The van der Waals surface area contributed by atoms with Crippen molar-refractivity contribution >= 4 is 11.4 Å². The fraction of sp³-hybridized carbons (Fsp3) is 0.522. The standard InChI is InChI=1S/C23H28O3/c1-5-6-7-9-23-10-8-16(26-23)18-20(23)22(25)19(21(18)24)17-14(3)11-13(2)12-15(17)4/h8,10-12,16,18,20,24H,5-7,9H2,1-4H3/t16-,18-,20+,23+/m0/s1. The van der Waals surface area contributed by atoms with Crippen LogP contribution < -0.4 is 0 Å². The molecule has 1 aromatic carbocycles. The molecule has 0 unspecified atom stereocenters. The lowest BCUT2D eigenvalue weighted by molar-refractivity contribution is -0.121. The molecule has 1 aromatic rings. The summed E-state index contributed by atoms with van der Waals surface area (Å²) in [5.74, 6) is -0.193. The Kier molecular flexibility index (Phi) is 4.11. The molecule has 2 heterocycles. The van der Waals surface area contributed by atoms with E-state index >= 15 is 0 Å². The van der Waals surface area contributed by atoms with Gasteiger partial charge in [0.25, 0.3) is 0 Å². The molecule has 0 radical (unpaired) electrons. The van der Waals surface area contributed by atoms with E-state index in [0.29, 0.717) is 5.57 Å². The second-order valence-corrected chi connectivity index (χ2v) is 8.26. The Hall–Kier alpha value is -1.87. The molecule has 1 saturated heterocycles. The molecule has 138 valence electrons. The van der Waals surface area contributed by atoms with Gasteiger partial charge in [-0.05, 0) is 43.9 Å². The molecule has 3 nitrogen and oxygen atoms in total. The lowest BCUT2D eigenvalue weighted by Gasteiger charge is -2.29. The zero-order chi connectivity index (χ0) is 18.6. The van der Waals surface area contributed by atoms with Crippen molar-refractivity contribution in [3.05, 3.63) is 52.3 Å². The molecule has 1 fully saturated rings. The first kappa shape index (κ1) is 17.5. The molecule has 0 amide bonds. The molecule has 4 rings (SSSR count). The smallest absolute Gasteiger partial charge is 0.174 e. The third-order valence-electron chi connectivity index (χ3n) is 6.36. The van der Waals surface area contributed by atoms with Crippen LogP contribution >= 0.6 is 0 Å². The number of aliphatic hydroxyl groups excluding tert-OH is 1. The minimum atomic E-state index is -0.524. The van der Waals surface area contributed by atoms with Gasteiger partial charge in [0.15, 0.2) is 5.78 Å². The Morgan fingerprint density at radius 1 is 1.15 bits per heavy atom. The molecule has 0 spiro atoms. The Labute approximate surface area is 155 Å². The van der Waals surface area contributed by atoms with Gasteiger partial charge in [-0.15, -0.1) is 0 Å². The summed E-state index contributed by atoms with van der Waals surface area (Å²) in [4.78, 5) is 13.5. The lowest BCUT2D eigenvalue weighted by Crippen LogP contribution is -2.38. The highest BCUT2D eigenvalue weighted by Gasteiger charge is 2.64. The second-order valence-electron chi connectivity index (χ2n) is 8.26. The highest BCUT2D eigenvalue weighted by Crippen LogP contribution is 2.58. The summed E-state index contributed by atoms with van der Waals surface area (Å²) < 4.78 is 6.25. The van der Waals surface area contributed by atoms with E-state index in [2.05, 4.69) is 38.1 Å². The summed E-state index contributed by atoms with van der Waals surface area (Å²) in [5.41, 5.74) is 4.21. The number of hydrogen-bond acceptors (Lipinski definition) is 3. The summed E-state index contributed by atoms with van der Waals surface area (Å²) in [5, 5.41) is 11.1. The van der Waals surface area contributed by atoms with Gasteiger partial charge in [0.05, 0.1) is 29.1 Å². The van der Waals surface area contributed by atoms with E-state index in [9.17, 15) is 9.90 Å².